The van der Waals surface area contributed by atoms with E-state index in [0.29, 0.717) is 24.2 Å². The zero-order valence-corrected chi connectivity index (χ0v) is 23.3. The lowest BCUT2D eigenvalue weighted by atomic mass is 10.0. The Morgan fingerprint density at radius 3 is 2.24 bits per heavy atom. The molecule has 9 nitrogen and oxygen atoms in total. The summed E-state index contributed by atoms with van der Waals surface area (Å²) in [7, 11) is -0.194. The highest BCUT2D eigenvalue weighted by molar-refractivity contribution is 7.89. The molecule has 1 amide bonds. The van der Waals surface area contributed by atoms with E-state index in [0.717, 1.165) is 35.9 Å². The first-order valence-corrected chi connectivity index (χ1v) is 13.8. The highest BCUT2D eigenvalue weighted by atomic mass is 35.5. The molecule has 1 atom stereocenters. The molecule has 0 aliphatic carbocycles. The largest absolute Gasteiger partial charge is 0.377 e. The minimum absolute atomic E-state index is 0. The number of sulfonamides is 1. The monoisotopic (exact) mass is 558 g/mol. The van der Waals surface area contributed by atoms with Crippen LogP contribution in [-0.4, -0.2) is 58.4 Å². The van der Waals surface area contributed by atoms with Gasteiger partial charge in [0, 0.05) is 43.6 Å². The van der Waals surface area contributed by atoms with E-state index in [4.69, 9.17) is 11.5 Å². The number of halogens is 1. The number of fused-ring (bicyclic) bond motifs is 1. The fourth-order valence-corrected chi connectivity index (χ4v) is 6.16. The molecule has 5 N–H and O–H groups in total. The van der Waals surface area contributed by atoms with Crippen LogP contribution >= 0.6 is 12.4 Å². The number of rotatable bonds is 8. The van der Waals surface area contributed by atoms with Crippen molar-refractivity contribution >= 4 is 56.4 Å². The third-order valence-corrected chi connectivity index (χ3v) is 8.06. The first-order valence-electron chi connectivity index (χ1n) is 12.3. The van der Waals surface area contributed by atoms with Gasteiger partial charge in [0.25, 0.3) is 0 Å². The van der Waals surface area contributed by atoms with Gasteiger partial charge < -0.3 is 21.3 Å². The molecule has 204 valence electrons. The first-order chi connectivity index (χ1) is 17.7. The molecule has 1 aliphatic rings. The normalized spacial score (nSPS) is 14.4. The summed E-state index contributed by atoms with van der Waals surface area (Å²) < 4.78 is 30.2. The van der Waals surface area contributed by atoms with Gasteiger partial charge in [-0.15, -0.1) is 12.4 Å². The lowest BCUT2D eigenvalue weighted by molar-refractivity contribution is -0.133. The van der Waals surface area contributed by atoms with Crippen LogP contribution in [0.5, 0.6) is 0 Å². The quantitative estimate of drug-likeness (QED) is 0.287. The fraction of sp³-hybridized carbons (Fsp3) is 0.333. The van der Waals surface area contributed by atoms with Crippen LogP contribution in [0.4, 0.5) is 11.4 Å². The van der Waals surface area contributed by atoms with E-state index in [1.54, 1.807) is 47.4 Å². The number of likely N-dealkylation sites (tertiary alicyclic amines) is 1. The second-order valence-electron chi connectivity index (χ2n) is 9.49. The van der Waals surface area contributed by atoms with Gasteiger partial charge in [0.2, 0.25) is 15.9 Å². The average molecular weight is 559 g/mol. The molecule has 0 unspecified atom stereocenters. The van der Waals surface area contributed by atoms with Gasteiger partial charge in [-0.3, -0.25) is 4.79 Å². The molecule has 0 radical (unpaired) electrons. The van der Waals surface area contributed by atoms with Crippen molar-refractivity contribution in [2.45, 2.75) is 36.6 Å². The summed E-state index contributed by atoms with van der Waals surface area (Å²) in [6, 6.07) is 16.9. The van der Waals surface area contributed by atoms with Crippen LogP contribution in [0.1, 0.15) is 24.8 Å². The Kier molecular flexibility index (Phi) is 9.59. The van der Waals surface area contributed by atoms with Crippen LogP contribution < -0.4 is 21.1 Å². The highest BCUT2D eigenvalue weighted by Crippen LogP contribution is 2.30. The van der Waals surface area contributed by atoms with Gasteiger partial charge in [0.1, 0.15) is 6.04 Å². The van der Waals surface area contributed by atoms with Crippen molar-refractivity contribution in [2.24, 2.45) is 16.5 Å². The molecule has 1 aliphatic heterocycles. The van der Waals surface area contributed by atoms with Crippen LogP contribution in [0.2, 0.25) is 0 Å². The number of amides is 1. The summed E-state index contributed by atoms with van der Waals surface area (Å²) in [6.07, 6.45) is 3.09. The number of piperidine rings is 1. The molecule has 3 aromatic carbocycles. The van der Waals surface area contributed by atoms with Crippen LogP contribution in [0.3, 0.4) is 0 Å². The number of benzene rings is 3. The maximum Gasteiger partial charge on any atom is 0.241 e. The second kappa shape index (κ2) is 12.5. The van der Waals surface area contributed by atoms with Gasteiger partial charge in [-0.05, 0) is 55.5 Å². The smallest absolute Gasteiger partial charge is 0.241 e. The van der Waals surface area contributed by atoms with Crippen molar-refractivity contribution in [1.29, 1.82) is 0 Å². The van der Waals surface area contributed by atoms with Crippen LogP contribution in [0, 0.1) is 0 Å². The predicted molar refractivity (Wildman–Crippen MR) is 156 cm³/mol. The van der Waals surface area contributed by atoms with Crippen molar-refractivity contribution in [3.05, 3.63) is 66.2 Å². The summed E-state index contributed by atoms with van der Waals surface area (Å²) in [6.45, 7) is 1.25. The minimum atomic E-state index is -4.03. The number of hydrogen-bond donors (Lipinski definition) is 3. The maximum absolute atomic E-state index is 13.7. The number of nitrogens with zero attached hydrogens (tertiary/aromatic N) is 3. The molecule has 3 aromatic rings. The van der Waals surface area contributed by atoms with E-state index in [-0.39, 0.29) is 35.6 Å². The van der Waals surface area contributed by atoms with Gasteiger partial charge in [0.05, 0.1) is 10.6 Å². The Labute approximate surface area is 230 Å². The number of carbonyl (C=O) groups is 1. The Balaban J connectivity index is 0.00000400. The van der Waals surface area contributed by atoms with Crippen molar-refractivity contribution in [3.8, 4) is 0 Å². The molecule has 0 saturated carbocycles. The van der Waals surface area contributed by atoms with Crippen LogP contribution in [-0.2, 0) is 21.2 Å². The zero-order chi connectivity index (χ0) is 26.6. The predicted octanol–water partition coefficient (Wildman–Crippen LogP) is 3.13. The Hall–Kier alpha value is -3.34. The van der Waals surface area contributed by atoms with E-state index in [9.17, 15) is 13.2 Å². The average Bonchev–Trinajstić information content (AvgIpc) is 2.88. The molecular formula is C27H35ClN6O3S. The summed E-state index contributed by atoms with van der Waals surface area (Å²) in [4.78, 5) is 21.4. The van der Waals surface area contributed by atoms with Crippen molar-refractivity contribution in [1.82, 2.24) is 9.62 Å². The number of carbonyl (C=O) groups excluding carboxylic acids is 1. The third-order valence-electron chi connectivity index (χ3n) is 6.53. The lowest BCUT2D eigenvalue weighted by Crippen LogP contribution is -2.50. The first kappa shape index (κ1) is 29.2. The molecule has 0 bridgehead atoms. The van der Waals surface area contributed by atoms with E-state index < -0.39 is 16.1 Å². The number of aliphatic imine (C=N–C) groups is 1. The second-order valence-corrected chi connectivity index (χ2v) is 11.2. The molecule has 11 heteroatoms. The van der Waals surface area contributed by atoms with E-state index in [1.807, 2.05) is 37.2 Å². The Morgan fingerprint density at radius 2 is 1.61 bits per heavy atom. The summed E-state index contributed by atoms with van der Waals surface area (Å²) in [5.41, 5.74) is 13.2. The summed E-state index contributed by atoms with van der Waals surface area (Å²) in [5.74, 6) is -0.267. The number of guanidine groups is 1. The van der Waals surface area contributed by atoms with Crippen molar-refractivity contribution in [3.63, 3.8) is 0 Å². The van der Waals surface area contributed by atoms with E-state index >= 15 is 0 Å². The number of anilines is 1. The topological polar surface area (TPSA) is 134 Å². The molecular weight excluding hydrogens is 524 g/mol. The molecule has 0 aromatic heterocycles. The molecule has 4 rings (SSSR count). The third kappa shape index (κ3) is 6.75. The SMILES string of the molecule is CN(C)c1cccc2c(S(=O)(=O)N[C@@H](Cc3ccc(N=C(N)N)cc3)C(=O)N3CCCCC3)cccc12.Cl. The maximum atomic E-state index is 13.7. The number of nitrogens with one attached hydrogen (secondary N) is 1. The Bertz CT molecular complexity index is 1400. The van der Waals surface area contributed by atoms with Crippen molar-refractivity contribution in [2.75, 3.05) is 32.1 Å². The highest BCUT2D eigenvalue weighted by Gasteiger charge is 2.31. The van der Waals surface area contributed by atoms with E-state index in [2.05, 4.69) is 9.71 Å². The van der Waals surface area contributed by atoms with Gasteiger partial charge in [-0.2, -0.15) is 4.72 Å². The number of nitrogens with two attached hydrogens (primary N) is 2. The number of hydrogen-bond acceptors (Lipinski definition) is 5. The van der Waals surface area contributed by atoms with Gasteiger partial charge in [-0.1, -0.05) is 36.4 Å². The van der Waals surface area contributed by atoms with Gasteiger partial charge >= 0.3 is 0 Å². The lowest BCUT2D eigenvalue weighted by Gasteiger charge is -2.31. The Morgan fingerprint density at radius 1 is 0.974 bits per heavy atom. The molecule has 1 fully saturated rings. The van der Waals surface area contributed by atoms with Gasteiger partial charge in [-0.25, -0.2) is 13.4 Å². The van der Waals surface area contributed by atoms with Crippen LogP contribution in [0.15, 0.2) is 70.6 Å². The van der Waals surface area contributed by atoms with Gasteiger partial charge in [0.15, 0.2) is 5.96 Å². The minimum Gasteiger partial charge on any atom is -0.377 e. The summed E-state index contributed by atoms with van der Waals surface area (Å²) >= 11 is 0. The van der Waals surface area contributed by atoms with Crippen LogP contribution in [0.25, 0.3) is 10.8 Å². The summed E-state index contributed by atoms with van der Waals surface area (Å²) in [5, 5.41) is 1.43. The standard InChI is InChI=1S/C27H34N6O3S.ClH/c1-32(2)24-10-6-9-22-21(24)8-7-11-25(22)37(35,36)31-23(26(34)33-16-4-3-5-17-33)18-19-12-14-20(15-13-19)30-27(28)29;/h6-15,23,31H,3-5,16-18H2,1-2H3,(H4,28,29,30);1H/t23-;/m0./s1. The van der Waals surface area contributed by atoms with E-state index in [1.165, 1.54) is 0 Å². The molecule has 1 heterocycles. The fourth-order valence-electron chi connectivity index (χ4n) is 4.75. The molecule has 38 heavy (non-hydrogen) atoms. The molecule has 0 spiro atoms. The van der Waals surface area contributed by atoms with Crippen molar-refractivity contribution < 1.29 is 13.2 Å². The molecule has 1 saturated heterocycles. The zero-order valence-electron chi connectivity index (χ0n) is 21.6.